The molecule has 3 aliphatic rings. The highest BCUT2D eigenvalue weighted by Gasteiger charge is 2.50. The van der Waals surface area contributed by atoms with Crippen LogP contribution in [-0.2, 0) is 18.6 Å². The lowest BCUT2D eigenvalue weighted by atomic mass is 10.1. The molecule has 0 aliphatic carbocycles. The first-order valence-electron chi connectivity index (χ1n) is 7.10. The van der Waals surface area contributed by atoms with Crippen LogP contribution in [0.4, 0.5) is 0 Å². The van der Waals surface area contributed by atoms with E-state index in [0.717, 1.165) is 0 Å². The molecule has 3 saturated heterocycles. The van der Waals surface area contributed by atoms with Crippen molar-refractivity contribution >= 4 is 13.7 Å². The Morgan fingerprint density at radius 3 is 2.87 bits per heavy atom. The minimum Gasteiger partial charge on any atom is -0.394 e. The van der Waals surface area contributed by atoms with Crippen LogP contribution in [0.5, 0.6) is 0 Å². The van der Waals surface area contributed by atoms with Crippen LogP contribution in [0.25, 0.3) is 0 Å². The predicted molar refractivity (Wildman–Crippen MR) is 74.0 cm³/mol. The van der Waals surface area contributed by atoms with Crippen molar-refractivity contribution < 1.29 is 33.5 Å². The van der Waals surface area contributed by atoms with E-state index in [2.05, 4.69) is 20.5 Å². The van der Waals surface area contributed by atoms with Gasteiger partial charge in [-0.25, -0.2) is 9.46 Å². The summed E-state index contributed by atoms with van der Waals surface area (Å²) in [5.74, 6) is -0.247. The van der Waals surface area contributed by atoms with Gasteiger partial charge in [0.1, 0.15) is 30.8 Å². The molecule has 0 aromatic rings. The Morgan fingerprint density at radius 1 is 1.48 bits per heavy atom. The van der Waals surface area contributed by atoms with E-state index in [4.69, 9.17) is 20.3 Å². The lowest BCUT2D eigenvalue weighted by Crippen LogP contribution is -2.70. The van der Waals surface area contributed by atoms with Gasteiger partial charge in [-0.3, -0.25) is 25.7 Å². The Bertz CT molecular complexity index is 518. The standard InChI is InChI=1S/C10H20N5O7P/c11-10-13-8-7(9(17)14-10)12-3-15(8)6-1-4(5(2-16)21-6)22-23(18,19)20/h4-8,10,12-13,16H,1-3,11H2,(H,14,17)(H2,18,19,20). The fraction of sp³-hybridized carbons (Fsp3) is 0.900. The molecule has 0 saturated carbocycles. The minimum absolute atomic E-state index is 0.139. The quantitative estimate of drug-likeness (QED) is 0.246. The molecule has 8 N–H and O–H groups in total. The summed E-state index contributed by atoms with van der Waals surface area (Å²) in [5, 5.41) is 17.9. The van der Waals surface area contributed by atoms with Gasteiger partial charge in [-0.15, -0.1) is 0 Å². The number of nitrogens with one attached hydrogen (secondary N) is 3. The maximum Gasteiger partial charge on any atom is 0.469 e. The maximum absolute atomic E-state index is 11.9. The molecule has 132 valence electrons. The monoisotopic (exact) mass is 353 g/mol. The van der Waals surface area contributed by atoms with Crippen molar-refractivity contribution in [1.82, 2.24) is 20.9 Å². The van der Waals surface area contributed by atoms with Crippen molar-refractivity contribution in [3.8, 4) is 0 Å². The first kappa shape index (κ1) is 17.2. The van der Waals surface area contributed by atoms with Crippen LogP contribution < -0.4 is 21.7 Å². The number of aliphatic hydroxyl groups excluding tert-OH is 1. The van der Waals surface area contributed by atoms with Crippen molar-refractivity contribution in [1.29, 1.82) is 0 Å². The predicted octanol–water partition coefficient (Wildman–Crippen LogP) is -3.91. The lowest BCUT2D eigenvalue weighted by molar-refractivity contribution is -0.130. The molecule has 0 aromatic carbocycles. The molecule has 13 heteroatoms. The van der Waals surface area contributed by atoms with Gasteiger partial charge in [-0.05, 0) is 0 Å². The summed E-state index contributed by atoms with van der Waals surface area (Å²) < 4.78 is 21.3. The minimum atomic E-state index is -4.70. The summed E-state index contributed by atoms with van der Waals surface area (Å²) in [4.78, 5) is 31.6. The fourth-order valence-electron chi connectivity index (χ4n) is 3.14. The van der Waals surface area contributed by atoms with Crippen LogP contribution in [0.1, 0.15) is 6.42 Å². The van der Waals surface area contributed by atoms with Gasteiger partial charge in [0.2, 0.25) is 5.91 Å². The fourth-order valence-corrected chi connectivity index (χ4v) is 3.71. The summed E-state index contributed by atoms with van der Waals surface area (Å²) in [6.45, 7) is -0.127. The first-order valence-corrected chi connectivity index (χ1v) is 8.63. The molecule has 23 heavy (non-hydrogen) atoms. The number of phosphoric ester groups is 1. The number of amides is 1. The van der Waals surface area contributed by atoms with Crippen LogP contribution in [-0.4, -0.2) is 75.9 Å². The highest BCUT2D eigenvalue weighted by Crippen LogP contribution is 2.42. The van der Waals surface area contributed by atoms with Crippen molar-refractivity contribution in [2.24, 2.45) is 5.73 Å². The normalized spacial score (nSPS) is 41.8. The van der Waals surface area contributed by atoms with Gasteiger partial charge >= 0.3 is 7.82 Å². The summed E-state index contributed by atoms with van der Waals surface area (Å²) in [6.07, 6.45) is -3.40. The summed E-state index contributed by atoms with van der Waals surface area (Å²) in [7, 11) is -4.70. The number of aliphatic hydroxyl groups is 1. The molecule has 0 bridgehead atoms. The number of carbonyl (C=O) groups excluding carboxylic acids is 1. The van der Waals surface area contributed by atoms with Crippen LogP contribution in [0.2, 0.25) is 0 Å². The third-order valence-electron chi connectivity index (χ3n) is 4.10. The summed E-state index contributed by atoms with van der Waals surface area (Å²) in [6, 6.07) is -0.521. The third-order valence-corrected chi connectivity index (χ3v) is 4.65. The van der Waals surface area contributed by atoms with Gasteiger partial charge in [0.05, 0.1) is 19.4 Å². The molecule has 3 rings (SSSR count). The van der Waals surface area contributed by atoms with Gasteiger partial charge < -0.3 is 24.9 Å². The molecule has 6 atom stereocenters. The molecule has 3 heterocycles. The number of nitrogens with two attached hydrogens (primary N) is 1. The average Bonchev–Trinajstić information content (AvgIpc) is 3.00. The SMILES string of the molecule is NC1NC(=O)C2NCN(C3CC(OP(=O)(O)O)C(CO)O3)C2N1. The van der Waals surface area contributed by atoms with Gasteiger partial charge in [0.15, 0.2) is 0 Å². The molecule has 6 unspecified atom stereocenters. The van der Waals surface area contributed by atoms with Gasteiger partial charge in [-0.2, -0.15) is 0 Å². The zero-order chi connectivity index (χ0) is 16.8. The van der Waals surface area contributed by atoms with Crippen molar-refractivity contribution in [3.05, 3.63) is 0 Å². The molecule has 0 spiro atoms. The van der Waals surface area contributed by atoms with Gasteiger partial charge in [-0.1, -0.05) is 0 Å². The second-order valence-corrected chi connectivity index (χ2v) is 6.83. The molecule has 3 fully saturated rings. The summed E-state index contributed by atoms with van der Waals surface area (Å²) in [5.41, 5.74) is 5.70. The van der Waals surface area contributed by atoms with Crippen molar-refractivity contribution in [2.75, 3.05) is 13.3 Å². The van der Waals surface area contributed by atoms with E-state index in [1.807, 2.05) is 0 Å². The van der Waals surface area contributed by atoms with E-state index < -0.39 is 51.4 Å². The third kappa shape index (κ3) is 3.56. The maximum atomic E-state index is 11.9. The van der Waals surface area contributed by atoms with Crippen LogP contribution in [0, 0.1) is 0 Å². The molecular formula is C10H20N5O7P. The van der Waals surface area contributed by atoms with Crippen LogP contribution in [0.3, 0.4) is 0 Å². The number of phosphoric acid groups is 1. The highest BCUT2D eigenvalue weighted by atomic mass is 31.2. The van der Waals surface area contributed by atoms with Gasteiger partial charge in [0, 0.05) is 6.42 Å². The Kier molecular flexibility index (Phi) is 4.73. The van der Waals surface area contributed by atoms with E-state index in [-0.39, 0.29) is 12.3 Å². The van der Waals surface area contributed by atoms with Crippen LogP contribution in [0.15, 0.2) is 0 Å². The Balaban J connectivity index is 1.70. The van der Waals surface area contributed by atoms with E-state index in [9.17, 15) is 14.5 Å². The second kappa shape index (κ2) is 6.33. The number of fused-ring (bicyclic) bond motifs is 1. The smallest absolute Gasteiger partial charge is 0.394 e. The average molecular weight is 353 g/mol. The lowest BCUT2D eigenvalue weighted by Gasteiger charge is -2.37. The number of nitrogens with zero attached hydrogens (tertiary/aromatic N) is 1. The van der Waals surface area contributed by atoms with E-state index in [1.165, 1.54) is 0 Å². The second-order valence-electron chi connectivity index (χ2n) is 5.63. The number of carbonyl (C=O) groups is 1. The number of hydrogen-bond acceptors (Lipinski definition) is 9. The van der Waals surface area contributed by atoms with E-state index in [0.29, 0.717) is 6.67 Å². The molecule has 0 radical (unpaired) electrons. The van der Waals surface area contributed by atoms with Crippen molar-refractivity contribution in [3.63, 3.8) is 0 Å². The number of ether oxygens (including phenoxy) is 1. The molecule has 3 aliphatic heterocycles. The zero-order valence-electron chi connectivity index (χ0n) is 12.0. The van der Waals surface area contributed by atoms with Crippen LogP contribution >= 0.6 is 7.82 Å². The molecule has 12 nitrogen and oxygen atoms in total. The largest absolute Gasteiger partial charge is 0.469 e. The molecular weight excluding hydrogens is 333 g/mol. The number of rotatable bonds is 4. The summed E-state index contributed by atoms with van der Waals surface area (Å²) >= 11 is 0. The molecule has 0 aromatic heterocycles. The number of hydrogen-bond donors (Lipinski definition) is 7. The van der Waals surface area contributed by atoms with Gasteiger partial charge in [0.25, 0.3) is 0 Å². The van der Waals surface area contributed by atoms with E-state index >= 15 is 0 Å². The topological polar surface area (TPSA) is 179 Å². The van der Waals surface area contributed by atoms with Crippen molar-refractivity contribution in [2.45, 2.75) is 43.4 Å². The first-order chi connectivity index (χ1) is 10.8. The Labute approximate surface area is 131 Å². The highest BCUT2D eigenvalue weighted by molar-refractivity contribution is 7.46. The van der Waals surface area contributed by atoms with E-state index in [1.54, 1.807) is 4.90 Å². The Hall–Kier alpha value is -0.660. The Morgan fingerprint density at radius 2 is 2.22 bits per heavy atom. The molecule has 1 amide bonds. The zero-order valence-corrected chi connectivity index (χ0v) is 12.9.